The molecule has 0 radical (unpaired) electrons. The molecule has 0 saturated carbocycles. The van der Waals surface area contributed by atoms with Crippen molar-refractivity contribution in [2.75, 3.05) is 0 Å². The average Bonchev–Trinajstić information content (AvgIpc) is 2.30. The van der Waals surface area contributed by atoms with Crippen LogP contribution in [0.1, 0.15) is 25.5 Å². The molecule has 0 fully saturated rings. The zero-order valence-corrected chi connectivity index (χ0v) is 12.2. The van der Waals surface area contributed by atoms with Gasteiger partial charge in [0.2, 0.25) is 14.2 Å². The van der Waals surface area contributed by atoms with E-state index in [0.29, 0.717) is 5.92 Å². The highest BCUT2D eigenvalue weighted by molar-refractivity contribution is 7.71. The molecule has 0 bridgehead atoms. The summed E-state index contributed by atoms with van der Waals surface area (Å²) in [5.74, 6) is 1.31. The summed E-state index contributed by atoms with van der Waals surface area (Å²) >= 11 is 5.21. The van der Waals surface area contributed by atoms with Crippen LogP contribution in [0.15, 0.2) is 0 Å². The molecule has 0 amide bonds. The predicted octanol–water partition coefficient (Wildman–Crippen LogP) is 3.42. The topological polar surface area (TPSA) is 29.9 Å². The van der Waals surface area contributed by atoms with Gasteiger partial charge in [-0.1, -0.05) is 13.8 Å². The fourth-order valence-corrected chi connectivity index (χ4v) is 2.35. The van der Waals surface area contributed by atoms with Crippen LogP contribution in [0.4, 0.5) is 0 Å². The van der Waals surface area contributed by atoms with Crippen molar-refractivity contribution in [3.05, 3.63) is 10.5 Å². The number of imidazole rings is 1. The minimum Gasteiger partial charge on any atom is -0.531 e. The summed E-state index contributed by atoms with van der Waals surface area (Å²) in [5.41, 5.74) is 1.10. The lowest BCUT2D eigenvalue weighted by Crippen LogP contribution is -2.30. The molecule has 0 aliphatic heterocycles. The van der Waals surface area contributed by atoms with E-state index < -0.39 is 8.32 Å². The Bertz CT molecular complexity index is 401. The van der Waals surface area contributed by atoms with E-state index in [4.69, 9.17) is 16.6 Å². The monoisotopic (exact) mass is 244 g/mol. The summed E-state index contributed by atoms with van der Waals surface area (Å²) in [6.45, 7) is 10.8. The Hall–Kier alpha value is -0.553. The number of nitrogens with zero attached hydrogens (tertiary/aromatic N) is 1. The fraction of sp³-hybridized carbons (Fsp3) is 0.700. The molecule has 0 saturated heterocycles. The van der Waals surface area contributed by atoms with Gasteiger partial charge >= 0.3 is 0 Å². The second-order valence-corrected chi connectivity index (χ2v) is 9.89. The molecule has 3 nitrogen and oxygen atoms in total. The molecule has 86 valence electrons. The summed E-state index contributed by atoms with van der Waals surface area (Å²) in [4.78, 5) is 3.21. The van der Waals surface area contributed by atoms with Gasteiger partial charge in [0.05, 0.1) is 5.69 Å². The minimum absolute atomic E-state index is 0.402. The largest absolute Gasteiger partial charge is 0.531 e. The third-order valence-electron chi connectivity index (χ3n) is 2.06. The van der Waals surface area contributed by atoms with Gasteiger partial charge in [0.1, 0.15) is 0 Å². The second kappa shape index (κ2) is 4.13. The van der Waals surface area contributed by atoms with Crippen LogP contribution in [0.25, 0.3) is 0 Å². The van der Waals surface area contributed by atoms with E-state index >= 15 is 0 Å². The predicted molar refractivity (Wildman–Crippen MR) is 68.7 cm³/mol. The zero-order chi connectivity index (χ0) is 11.8. The molecule has 0 aliphatic rings. The lowest BCUT2D eigenvalue weighted by molar-refractivity contribution is 0.495. The maximum Gasteiger partial charge on any atom is 0.244 e. The van der Waals surface area contributed by atoms with Crippen molar-refractivity contribution < 1.29 is 4.43 Å². The van der Waals surface area contributed by atoms with Gasteiger partial charge in [-0.15, -0.1) is 0 Å². The Morgan fingerprint density at radius 2 is 1.87 bits per heavy atom. The van der Waals surface area contributed by atoms with Gasteiger partial charge in [-0.3, -0.25) is 4.57 Å². The van der Waals surface area contributed by atoms with Crippen LogP contribution in [0.5, 0.6) is 5.88 Å². The lowest BCUT2D eigenvalue weighted by atomic mass is 10.1. The average molecular weight is 244 g/mol. The maximum absolute atomic E-state index is 6.05. The number of H-pyrrole nitrogens is 1. The number of nitrogens with one attached hydrogen (secondary N) is 1. The molecule has 15 heavy (non-hydrogen) atoms. The Morgan fingerprint density at radius 1 is 1.33 bits per heavy atom. The third-order valence-corrected chi connectivity index (χ3v) is 3.24. The van der Waals surface area contributed by atoms with Crippen LogP contribution >= 0.6 is 12.2 Å². The normalized spacial score (nSPS) is 12.2. The molecule has 0 aromatic carbocycles. The van der Waals surface area contributed by atoms with Crippen molar-refractivity contribution in [1.29, 1.82) is 0 Å². The standard InChI is InChI=1S/C10H20N2OSSi/c1-7(2)8-9(13-15(4,5)6)12(3)10(14)11-8/h7H,1-6H3,(H,11,14). The number of hydrogen-bond donors (Lipinski definition) is 1. The Kier molecular flexibility index (Phi) is 3.45. The Morgan fingerprint density at radius 3 is 2.27 bits per heavy atom. The zero-order valence-electron chi connectivity index (χ0n) is 10.3. The molecule has 0 spiro atoms. The van der Waals surface area contributed by atoms with E-state index in [1.54, 1.807) is 0 Å². The van der Waals surface area contributed by atoms with Crippen LogP contribution in [-0.4, -0.2) is 17.9 Å². The van der Waals surface area contributed by atoms with Crippen LogP contribution in [-0.2, 0) is 7.05 Å². The molecule has 1 aromatic heterocycles. The molecule has 0 unspecified atom stereocenters. The van der Waals surface area contributed by atoms with Gasteiger partial charge in [0, 0.05) is 7.05 Å². The van der Waals surface area contributed by atoms with Gasteiger partial charge in [-0.25, -0.2) is 0 Å². The molecule has 1 rings (SSSR count). The minimum atomic E-state index is -1.58. The molecular formula is C10H20N2OSSi. The molecule has 1 N–H and O–H groups in total. The fourth-order valence-electron chi connectivity index (χ4n) is 1.33. The van der Waals surface area contributed by atoms with Crippen LogP contribution in [0.2, 0.25) is 19.6 Å². The van der Waals surface area contributed by atoms with Crippen molar-refractivity contribution in [3.8, 4) is 5.88 Å². The first-order chi connectivity index (χ1) is 6.72. The Labute approximate surface area is 97.6 Å². The van der Waals surface area contributed by atoms with Gasteiger partial charge in [0.15, 0.2) is 4.77 Å². The first-order valence-corrected chi connectivity index (χ1v) is 9.02. The van der Waals surface area contributed by atoms with E-state index in [1.165, 1.54) is 0 Å². The molecular weight excluding hydrogens is 224 g/mol. The summed E-state index contributed by atoms with van der Waals surface area (Å²) in [6, 6.07) is 0. The molecule has 5 heteroatoms. The van der Waals surface area contributed by atoms with Crippen molar-refractivity contribution in [2.24, 2.45) is 7.05 Å². The number of rotatable bonds is 3. The second-order valence-electron chi connectivity index (χ2n) is 5.08. The van der Waals surface area contributed by atoms with Gasteiger partial charge in [-0.2, -0.15) is 0 Å². The van der Waals surface area contributed by atoms with Gasteiger partial charge in [-0.05, 0) is 37.8 Å². The molecule has 1 heterocycles. The van der Waals surface area contributed by atoms with E-state index in [2.05, 4.69) is 38.5 Å². The van der Waals surface area contributed by atoms with Crippen molar-refractivity contribution in [2.45, 2.75) is 39.4 Å². The summed E-state index contributed by atoms with van der Waals surface area (Å²) in [6.07, 6.45) is 0. The molecule has 0 aliphatic carbocycles. The van der Waals surface area contributed by atoms with Crippen molar-refractivity contribution in [1.82, 2.24) is 9.55 Å². The summed E-state index contributed by atoms with van der Waals surface area (Å²) < 4.78 is 8.70. The quantitative estimate of drug-likeness (QED) is 0.652. The van der Waals surface area contributed by atoms with E-state index in [0.717, 1.165) is 16.3 Å². The van der Waals surface area contributed by atoms with Gasteiger partial charge in [0.25, 0.3) is 0 Å². The SMILES string of the molecule is CC(C)c1[nH]c(=S)n(C)c1O[Si](C)(C)C. The molecule has 0 atom stereocenters. The van der Waals surface area contributed by atoms with E-state index in [9.17, 15) is 0 Å². The smallest absolute Gasteiger partial charge is 0.244 e. The first-order valence-electron chi connectivity index (χ1n) is 5.20. The van der Waals surface area contributed by atoms with Crippen molar-refractivity contribution >= 4 is 20.5 Å². The first kappa shape index (κ1) is 12.5. The highest BCUT2D eigenvalue weighted by atomic mass is 32.1. The van der Waals surface area contributed by atoms with E-state index in [-0.39, 0.29) is 0 Å². The maximum atomic E-state index is 6.05. The Balaban J connectivity index is 3.20. The number of aromatic nitrogens is 2. The molecule has 1 aromatic rings. The number of aromatic amines is 1. The van der Waals surface area contributed by atoms with Crippen LogP contribution in [0, 0.1) is 4.77 Å². The highest BCUT2D eigenvalue weighted by Crippen LogP contribution is 2.27. The van der Waals surface area contributed by atoms with Crippen LogP contribution < -0.4 is 4.43 Å². The lowest BCUT2D eigenvalue weighted by Gasteiger charge is -2.21. The summed E-state index contributed by atoms with van der Waals surface area (Å²) in [7, 11) is 0.364. The van der Waals surface area contributed by atoms with Crippen molar-refractivity contribution in [3.63, 3.8) is 0 Å². The summed E-state index contributed by atoms with van der Waals surface area (Å²) in [5, 5.41) is 0. The third kappa shape index (κ3) is 2.95. The van der Waals surface area contributed by atoms with Gasteiger partial charge < -0.3 is 9.41 Å². The number of hydrogen-bond acceptors (Lipinski definition) is 2. The van der Waals surface area contributed by atoms with E-state index in [1.807, 2.05) is 11.6 Å². The highest BCUT2D eigenvalue weighted by Gasteiger charge is 2.22. The van der Waals surface area contributed by atoms with Crippen LogP contribution in [0.3, 0.4) is 0 Å².